The summed E-state index contributed by atoms with van der Waals surface area (Å²) in [5, 5.41) is -0.629. The maximum atomic E-state index is 13.5. The van der Waals surface area contributed by atoms with E-state index in [1.54, 1.807) is 0 Å². The summed E-state index contributed by atoms with van der Waals surface area (Å²) >= 11 is 7.71. The van der Waals surface area contributed by atoms with E-state index in [9.17, 15) is 8.78 Å². The van der Waals surface area contributed by atoms with Crippen molar-refractivity contribution < 1.29 is 8.78 Å². The number of aryl methyl sites for hydroxylation is 1. The van der Waals surface area contributed by atoms with Crippen molar-refractivity contribution in [1.82, 2.24) is 0 Å². The molecule has 2 aromatic rings. The van der Waals surface area contributed by atoms with Gasteiger partial charge in [0.05, 0.1) is 5.38 Å². The fourth-order valence-corrected chi connectivity index (χ4v) is 2.91. The van der Waals surface area contributed by atoms with Crippen molar-refractivity contribution in [2.75, 3.05) is 0 Å². The Bertz CT molecular complexity index is 522. The SMILES string of the molecule is CCc1ccc(C(Cl)c2cc(F)ccc2F)s1. The van der Waals surface area contributed by atoms with Crippen LogP contribution in [-0.2, 0) is 6.42 Å². The smallest absolute Gasteiger partial charge is 0.128 e. The largest absolute Gasteiger partial charge is 0.207 e. The van der Waals surface area contributed by atoms with Gasteiger partial charge in [-0.25, -0.2) is 8.78 Å². The van der Waals surface area contributed by atoms with E-state index in [0.29, 0.717) is 0 Å². The van der Waals surface area contributed by atoms with Crippen LogP contribution < -0.4 is 0 Å². The van der Waals surface area contributed by atoms with Gasteiger partial charge in [-0.2, -0.15) is 0 Å². The molecule has 0 amide bonds. The highest BCUT2D eigenvalue weighted by Gasteiger charge is 2.17. The molecule has 0 radical (unpaired) electrons. The Morgan fingerprint density at radius 3 is 2.65 bits per heavy atom. The summed E-state index contributed by atoms with van der Waals surface area (Å²) in [6.07, 6.45) is 0.917. The van der Waals surface area contributed by atoms with E-state index in [1.807, 2.05) is 19.1 Å². The predicted octanol–water partition coefficient (Wildman–Crippen LogP) is 4.92. The van der Waals surface area contributed by atoms with Crippen LogP contribution in [0, 0.1) is 11.6 Å². The molecule has 0 bridgehead atoms. The van der Waals surface area contributed by atoms with E-state index in [1.165, 1.54) is 16.2 Å². The average Bonchev–Trinajstić information content (AvgIpc) is 2.80. The third-order valence-corrected chi connectivity index (χ3v) is 4.41. The minimum absolute atomic E-state index is 0.191. The van der Waals surface area contributed by atoms with Crippen molar-refractivity contribution in [3.8, 4) is 0 Å². The first kappa shape index (κ1) is 12.5. The first-order valence-electron chi connectivity index (χ1n) is 5.29. The van der Waals surface area contributed by atoms with E-state index >= 15 is 0 Å². The van der Waals surface area contributed by atoms with E-state index in [-0.39, 0.29) is 5.56 Å². The van der Waals surface area contributed by atoms with Crippen molar-refractivity contribution in [3.05, 3.63) is 57.3 Å². The molecule has 0 spiro atoms. The maximum absolute atomic E-state index is 13.5. The molecule has 0 saturated heterocycles. The third-order valence-electron chi connectivity index (χ3n) is 2.51. The lowest BCUT2D eigenvalue weighted by Crippen LogP contribution is -1.95. The van der Waals surface area contributed by atoms with E-state index in [0.717, 1.165) is 29.5 Å². The first-order chi connectivity index (χ1) is 8.11. The van der Waals surface area contributed by atoms with Crippen LogP contribution in [0.4, 0.5) is 8.78 Å². The Hall–Kier alpha value is -0.930. The molecular weight excluding hydrogens is 262 g/mol. The molecule has 2 rings (SSSR count). The van der Waals surface area contributed by atoms with Gasteiger partial charge in [0.15, 0.2) is 0 Å². The molecule has 1 unspecified atom stereocenters. The lowest BCUT2D eigenvalue weighted by molar-refractivity contribution is 0.587. The normalized spacial score (nSPS) is 12.7. The molecule has 1 heterocycles. The predicted molar refractivity (Wildman–Crippen MR) is 67.8 cm³/mol. The number of hydrogen-bond donors (Lipinski definition) is 0. The van der Waals surface area contributed by atoms with Crippen LogP contribution in [0.25, 0.3) is 0 Å². The van der Waals surface area contributed by atoms with E-state index in [4.69, 9.17) is 11.6 Å². The van der Waals surface area contributed by atoms with Crippen molar-refractivity contribution in [2.45, 2.75) is 18.7 Å². The molecular formula is C13H11ClF2S. The minimum Gasteiger partial charge on any atom is -0.207 e. The van der Waals surface area contributed by atoms with Gasteiger partial charge < -0.3 is 0 Å². The number of halogens is 3. The van der Waals surface area contributed by atoms with Gasteiger partial charge in [-0.05, 0) is 36.8 Å². The van der Waals surface area contributed by atoms with Crippen molar-refractivity contribution in [1.29, 1.82) is 0 Å². The molecule has 90 valence electrons. The van der Waals surface area contributed by atoms with Gasteiger partial charge in [0, 0.05) is 15.3 Å². The summed E-state index contributed by atoms with van der Waals surface area (Å²) in [5.74, 6) is -0.947. The molecule has 0 nitrogen and oxygen atoms in total. The van der Waals surface area contributed by atoms with Gasteiger partial charge in [-0.3, -0.25) is 0 Å². The molecule has 0 fully saturated rings. The van der Waals surface area contributed by atoms with E-state index < -0.39 is 17.0 Å². The number of benzene rings is 1. The van der Waals surface area contributed by atoms with Gasteiger partial charge in [-0.15, -0.1) is 22.9 Å². The van der Waals surface area contributed by atoms with Gasteiger partial charge >= 0.3 is 0 Å². The molecule has 0 aliphatic carbocycles. The number of rotatable bonds is 3. The Morgan fingerprint density at radius 1 is 1.24 bits per heavy atom. The third kappa shape index (κ3) is 2.67. The second kappa shape index (κ2) is 5.15. The molecule has 1 aromatic carbocycles. The summed E-state index contributed by atoms with van der Waals surface area (Å²) in [7, 11) is 0. The second-order valence-corrected chi connectivity index (χ2v) is 5.32. The minimum atomic E-state index is -0.629. The molecule has 0 aliphatic rings. The maximum Gasteiger partial charge on any atom is 0.128 e. The number of thiophene rings is 1. The van der Waals surface area contributed by atoms with Crippen molar-refractivity contribution in [3.63, 3.8) is 0 Å². The highest BCUT2D eigenvalue weighted by atomic mass is 35.5. The lowest BCUT2D eigenvalue weighted by Gasteiger charge is -2.08. The van der Waals surface area contributed by atoms with Gasteiger partial charge in [0.25, 0.3) is 0 Å². The Kier molecular flexibility index (Phi) is 3.79. The fraction of sp³-hybridized carbons (Fsp3) is 0.231. The summed E-state index contributed by atoms with van der Waals surface area (Å²) in [6.45, 7) is 2.04. The average molecular weight is 273 g/mol. The van der Waals surface area contributed by atoms with Crippen molar-refractivity contribution >= 4 is 22.9 Å². The second-order valence-electron chi connectivity index (χ2n) is 3.69. The quantitative estimate of drug-likeness (QED) is 0.696. The van der Waals surface area contributed by atoms with Crippen LogP contribution in [0.3, 0.4) is 0 Å². The summed E-state index contributed by atoms with van der Waals surface area (Å²) in [5.41, 5.74) is 0.191. The zero-order valence-corrected chi connectivity index (χ0v) is 10.8. The van der Waals surface area contributed by atoms with E-state index in [2.05, 4.69) is 0 Å². The van der Waals surface area contributed by atoms with Crippen LogP contribution in [0.1, 0.15) is 27.6 Å². The molecule has 4 heteroatoms. The van der Waals surface area contributed by atoms with Gasteiger partial charge in [0.2, 0.25) is 0 Å². The van der Waals surface area contributed by atoms with Crippen molar-refractivity contribution in [2.24, 2.45) is 0 Å². The van der Waals surface area contributed by atoms with Gasteiger partial charge in [0.1, 0.15) is 11.6 Å². The topological polar surface area (TPSA) is 0 Å². The molecule has 0 aliphatic heterocycles. The van der Waals surface area contributed by atoms with Crippen LogP contribution in [0.15, 0.2) is 30.3 Å². The van der Waals surface area contributed by atoms with Crippen LogP contribution in [0.5, 0.6) is 0 Å². The summed E-state index contributed by atoms with van der Waals surface area (Å²) in [4.78, 5) is 2.02. The molecule has 0 saturated carbocycles. The van der Waals surface area contributed by atoms with Crippen LogP contribution in [-0.4, -0.2) is 0 Å². The Balaban J connectivity index is 2.35. The lowest BCUT2D eigenvalue weighted by atomic mass is 10.1. The standard InChI is InChI=1S/C13H11ClF2S/c1-2-9-4-6-12(17-9)13(14)10-7-8(15)3-5-11(10)16/h3-7,13H,2H2,1H3. The molecule has 1 atom stereocenters. The molecule has 0 N–H and O–H groups in total. The van der Waals surface area contributed by atoms with Crippen LogP contribution in [0.2, 0.25) is 0 Å². The number of hydrogen-bond acceptors (Lipinski definition) is 1. The summed E-state index contributed by atoms with van der Waals surface area (Å²) in [6, 6.07) is 7.18. The molecule has 1 aromatic heterocycles. The Morgan fingerprint density at radius 2 is 2.00 bits per heavy atom. The summed E-state index contributed by atoms with van der Waals surface area (Å²) < 4.78 is 26.6. The molecule has 17 heavy (non-hydrogen) atoms. The zero-order valence-electron chi connectivity index (χ0n) is 9.21. The Labute approximate surface area is 108 Å². The monoisotopic (exact) mass is 272 g/mol. The zero-order chi connectivity index (χ0) is 12.4. The van der Waals surface area contributed by atoms with Gasteiger partial charge in [-0.1, -0.05) is 6.92 Å². The van der Waals surface area contributed by atoms with Crippen LogP contribution >= 0.6 is 22.9 Å². The first-order valence-corrected chi connectivity index (χ1v) is 6.54. The highest BCUT2D eigenvalue weighted by Crippen LogP contribution is 2.35. The fourth-order valence-electron chi connectivity index (χ4n) is 1.58. The highest BCUT2D eigenvalue weighted by molar-refractivity contribution is 7.12. The number of alkyl halides is 1.